The zero-order chi connectivity index (χ0) is 17.4. The molecule has 1 atom stereocenters. The van der Waals surface area contributed by atoms with Crippen LogP contribution in [0.1, 0.15) is 31.1 Å². The summed E-state index contributed by atoms with van der Waals surface area (Å²) in [5, 5.41) is 2.65. The van der Waals surface area contributed by atoms with Crippen LogP contribution < -0.4 is 5.32 Å². The number of likely N-dealkylation sites (N-methyl/N-ethyl adjacent to an activating group) is 2. The zero-order valence-corrected chi connectivity index (χ0v) is 14.2. The van der Waals surface area contributed by atoms with Gasteiger partial charge >= 0.3 is 0 Å². The lowest BCUT2D eigenvalue weighted by Gasteiger charge is -2.25. The van der Waals surface area contributed by atoms with Crippen LogP contribution in [-0.2, 0) is 9.59 Å². The average Bonchev–Trinajstić information content (AvgIpc) is 2.55. The molecule has 0 saturated carbocycles. The predicted molar refractivity (Wildman–Crippen MR) is 88.9 cm³/mol. The van der Waals surface area contributed by atoms with Gasteiger partial charge in [0.25, 0.3) is 5.91 Å². The lowest BCUT2D eigenvalue weighted by Crippen LogP contribution is -2.48. The summed E-state index contributed by atoms with van der Waals surface area (Å²) in [5.74, 6) is -0.711. The van der Waals surface area contributed by atoms with Gasteiger partial charge in [0.15, 0.2) is 0 Å². The smallest absolute Gasteiger partial charge is 0.251 e. The number of benzene rings is 1. The molecule has 6 heteroatoms. The van der Waals surface area contributed by atoms with Gasteiger partial charge in [-0.1, -0.05) is 18.2 Å². The fraction of sp³-hybridized carbons (Fsp3) is 0.471. The molecule has 6 nitrogen and oxygen atoms in total. The Morgan fingerprint density at radius 3 is 2.17 bits per heavy atom. The summed E-state index contributed by atoms with van der Waals surface area (Å²) in [4.78, 5) is 39.4. The van der Waals surface area contributed by atoms with Crippen molar-refractivity contribution in [3.63, 3.8) is 0 Å². The SMILES string of the molecule is CCN(CC)C(=O)CN(C)C(=O)C(C)NC(=O)c1ccccc1. The van der Waals surface area contributed by atoms with Crippen molar-refractivity contribution < 1.29 is 14.4 Å². The molecule has 0 spiro atoms. The third kappa shape index (κ3) is 5.39. The molecule has 1 aromatic carbocycles. The Hall–Kier alpha value is -2.37. The van der Waals surface area contributed by atoms with Crippen molar-refractivity contribution in [3.05, 3.63) is 35.9 Å². The average molecular weight is 319 g/mol. The van der Waals surface area contributed by atoms with Crippen LogP contribution in [-0.4, -0.2) is 60.2 Å². The van der Waals surface area contributed by atoms with Gasteiger partial charge in [-0.3, -0.25) is 14.4 Å². The third-order valence-corrected chi connectivity index (χ3v) is 3.62. The second kappa shape index (κ2) is 8.92. The van der Waals surface area contributed by atoms with Crippen LogP contribution in [0.25, 0.3) is 0 Å². The predicted octanol–water partition coefficient (Wildman–Crippen LogP) is 1.13. The van der Waals surface area contributed by atoms with Crippen molar-refractivity contribution in [2.24, 2.45) is 0 Å². The van der Waals surface area contributed by atoms with Crippen LogP contribution in [0.5, 0.6) is 0 Å². The molecular formula is C17H25N3O3. The Labute approximate surface area is 137 Å². The van der Waals surface area contributed by atoms with E-state index in [0.717, 1.165) is 0 Å². The van der Waals surface area contributed by atoms with E-state index in [1.165, 1.54) is 4.90 Å². The Kier molecular flexibility index (Phi) is 7.25. The third-order valence-electron chi connectivity index (χ3n) is 3.62. The second-order valence-electron chi connectivity index (χ2n) is 5.32. The fourth-order valence-electron chi connectivity index (χ4n) is 2.22. The summed E-state index contributed by atoms with van der Waals surface area (Å²) < 4.78 is 0. The highest BCUT2D eigenvalue weighted by Crippen LogP contribution is 2.01. The number of hydrogen-bond acceptors (Lipinski definition) is 3. The number of carbonyl (C=O) groups excluding carboxylic acids is 3. The summed E-state index contributed by atoms with van der Waals surface area (Å²) in [6, 6.07) is 8.00. The molecule has 1 aromatic rings. The monoisotopic (exact) mass is 319 g/mol. The number of carbonyl (C=O) groups is 3. The van der Waals surface area contributed by atoms with Gasteiger partial charge in [0.05, 0.1) is 6.54 Å². The fourth-order valence-corrected chi connectivity index (χ4v) is 2.22. The van der Waals surface area contributed by atoms with E-state index in [2.05, 4.69) is 5.32 Å². The standard InChI is InChI=1S/C17H25N3O3/c1-5-20(6-2)15(21)12-19(4)17(23)13(3)18-16(22)14-10-8-7-9-11-14/h7-11,13H,5-6,12H2,1-4H3,(H,18,22). The molecule has 1 unspecified atom stereocenters. The van der Waals surface area contributed by atoms with Crippen molar-refractivity contribution >= 4 is 17.7 Å². The Morgan fingerprint density at radius 1 is 1.09 bits per heavy atom. The number of hydrogen-bond donors (Lipinski definition) is 1. The number of nitrogens with one attached hydrogen (secondary N) is 1. The summed E-state index contributed by atoms with van der Waals surface area (Å²) in [6.45, 7) is 6.63. The van der Waals surface area contributed by atoms with Crippen LogP contribution in [0.3, 0.4) is 0 Å². The van der Waals surface area contributed by atoms with Crippen molar-refractivity contribution in [1.29, 1.82) is 0 Å². The van der Waals surface area contributed by atoms with Gasteiger partial charge in [0.1, 0.15) is 6.04 Å². The summed E-state index contributed by atoms with van der Waals surface area (Å²) >= 11 is 0. The number of rotatable bonds is 7. The second-order valence-corrected chi connectivity index (χ2v) is 5.32. The molecule has 1 N–H and O–H groups in total. The highest BCUT2D eigenvalue weighted by atomic mass is 16.2. The van der Waals surface area contributed by atoms with Gasteiger partial charge in [0, 0.05) is 25.7 Å². The van der Waals surface area contributed by atoms with E-state index in [1.54, 1.807) is 43.1 Å². The maximum Gasteiger partial charge on any atom is 0.251 e. The van der Waals surface area contributed by atoms with Crippen LogP contribution >= 0.6 is 0 Å². The number of amides is 3. The Balaban J connectivity index is 2.58. The molecule has 1 rings (SSSR count). The van der Waals surface area contributed by atoms with Crippen LogP contribution in [0.4, 0.5) is 0 Å². The molecule has 0 saturated heterocycles. The molecule has 0 radical (unpaired) electrons. The lowest BCUT2D eigenvalue weighted by molar-refractivity contribution is -0.140. The zero-order valence-electron chi connectivity index (χ0n) is 14.2. The topological polar surface area (TPSA) is 69.7 Å². The highest BCUT2D eigenvalue weighted by molar-refractivity contribution is 5.97. The van der Waals surface area contributed by atoms with E-state index >= 15 is 0 Å². The van der Waals surface area contributed by atoms with Gasteiger partial charge in [0.2, 0.25) is 11.8 Å². The highest BCUT2D eigenvalue weighted by Gasteiger charge is 2.22. The first-order valence-corrected chi connectivity index (χ1v) is 7.79. The van der Waals surface area contributed by atoms with E-state index in [1.807, 2.05) is 19.9 Å². The van der Waals surface area contributed by atoms with Crippen LogP contribution in [0.15, 0.2) is 30.3 Å². The van der Waals surface area contributed by atoms with Crippen molar-refractivity contribution in [1.82, 2.24) is 15.1 Å². The van der Waals surface area contributed by atoms with Gasteiger partial charge in [-0.15, -0.1) is 0 Å². The molecule has 23 heavy (non-hydrogen) atoms. The quantitative estimate of drug-likeness (QED) is 0.819. The first-order valence-electron chi connectivity index (χ1n) is 7.79. The molecule has 3 amide bonds. The Morgan fingerprint density at radius 2 is 1.65 bits per heavy atom. The van der Waals surface area contributed by atoms with Gasteiger partial charge in [-0.2, -0.15) is 0 Å². The molecule has 0 aliphatic carbocycles. The Bertz CT molecular complexity index is 541. The minimum atomic E-state index is -0.697. The molecular weight excluding hydrogens is 294 g/mol. The minimum absolute atomic E-state index is 0.00601. The van der Waals surface area contributed by atoms with Crippen LogP contribution in [0, 0.1) is 0 Å². The molecule has 0 fully saturated rings. The van der Waals surface area contributed by atoms with Gasteiger partial charge in [-0.05, 0) is 32.9 Å². The lowest BCUT2D eigenvalue weighted by atomic mass is 10.2. The molecule has 0 aromatic heterocycles. The summed E-state index contributed by atoms with van der Waals surface area (Å²) in [5.41, 5.74) is 0.494. The summed E-state index contributed by atoms with van der Waals surface area (Å²) in [6.07, 6.45) is 0. The van der Waals surface area contributed by atoms with E-state index in [0.29, 0.717) is 18.7 Å². The largest absolute Gasteiger partial charge is 0.342 e. The van der Waals surface area contributed by atoms with Gasteiger partial charge < -0.3 is 15.1 Å². The van der Waals surface area contributed by atoms with Crippen molar-refractivity contribution in [3.8, 4) is 0 Å². The molecule has 126 valence electrons. The molecule has 0 aliphatic heterocycles. The van der Waals surface area contributed by atoms with E-state index in [9.17, 15) is 14.4 Å². The van der Waals surface area contributed by atoms with E-state index in [4.69, 9.17) is 0 Å². The maximum atomic E-state index is 12.3. The van der Waals surface area contributed by atoms with Crippen molar-refractivity contribution in [2.75, 3.05) is 26.7 Å². The normalized spacial score (nSPS) is 11.5. The van der Waals surface area contributed by atoms with E-state index < -0.39 is 6.04 Å². The first-order chi connectivity index (χ1) is 10.9. The first kappa shape index (κ1) is 18.7. The van der Waals surface area contributed by atoms with E-state index in [-0.39, 0.29) is 24.3 Å². The number of nitrogens with zero attached hydrogens (tertiary/aromatic N) is 2. The molecule has 0 aliphatic rings. The maximum absolute atomic E-state index is 12.3. The molecule has 0 heterocycles. The minimum Gasteiger partial charge on any atom is -0.342 e. The van der Waals surface area contributed by atoms with Gasteiger partial charge in [-0.25, -0.2) is 0 Å². The summed E-state index contributed by atoms with van der Waals surface area (Å²) in [7, 11) is 1.56. The molecule has 0 bridgehead atoms. The van der Waals surface area contributed by atoms with Crippen LogP contribution in [0.2, 0.25) is 0 Å². The van der Waals surface area contributed by atoms with Crippen molar-refractivity contribution in [2.45, 2.75) is 26.8 Å².